The van der Waals surface area contributed by atoms with Gasteiger partial charge in [-0.15, -0.1) is 0 Å². The molecule has 3 aromatic rings. The minimum absolute atomic E-state index is 0.857. The van der Waals surface area contributed by atoms with Crippen molar-refractivity contribution in [1.29, 1.82) is 0 Å². The quantitative estimate of drug-likeness (QED) is 0.645. The SMILES string of the molecule is COc1ccccc1/C=N/N1CCN(Cc2cccc3ccccc23)CC1. The first kappa shape index (κ1) is 17.6. The maximum Gasteiger partial charge on any atom is 0.127 e. The summed E-state index contributed by atoms with van der Waals surface area (Å²) in [7, 11) is 1.69. The minimum Gasteiger partial charge on any atom is -0.496 e. The van der Waals surface area contributed by atoms with E-state index in [-0.39, 0.29) is 0 Å². The second-order valence-electron chi connectivity index (χ2n) is 6.85. The Bertz CT molecular complexity index is 924. The molecule has 0 unspecified atom stereocenters. The maximum atomic E-state index is 5.39. The summed E-state index contributed by atoms with van der Waals surface area (Å²) in [6, 6.07) is 23.2. The predicted molar refractivity (Wildman–Crippen MR) is 111 cm³/mol. The number of nitrogens with zero attached hydrogens (tertiary/aromatic N) is 3. The third-order valence-electron chi connectivity index (χ3n) is 5.12. The monoisotopic (exact) mass is 359 g/mol. The number of rotatable bonds is 5. The number of fused-ring (bicyclic) bond motifs is 1. The van der Waals surface area contributed by atoms with Crippen LogP contribution in [0.25, 0.3) is 10.8 Å². The Morgan fingerprint density at radius 3 is 2.48 bits per heavy atom. The van der Waals surface area contributed by atoms with Crippen molar-refractivity contribution >= 4 is 17.0 Å². The molecule has 1 heterocycles. The van der Waals surface area contributed by atoms with E-state index >= 15 is 0 Å². The third kappa shape index (κ3) is 4.12. The van der Waals surface area contributed by atoms with Gasteiger partial charge in [0.2, 0.25) is 0 Å². The lowest BCUT2D eigenvalue weighted by Crippen LogP contribution is -2.43. The lowest BCUT2D eigenvalue weighted by atomic mass is 10.0. The molecule has 0 aromatic heterocycles. The Morgan fingerprint density at radius 1 is 0.889 bits per heavy atom. The fourth-order valence-corrected chi connectivity index (χ4v) is 3.60. The molecule has 0 aliphatic carbocycles. The van der Waals surface area contributed by atoms with Gasteiger partial charge in [0.05, 0.1) is 13.3 Å². The molecule has 27 heavy (non-hydrogen) atoms. The van der Waals surface area contributed by atoms with Crippen LogP contribution in [0.1, 0.15) is 11.1 Å². The maximum absolute atomic E-state index is 5.39. The summed E-state index contributed by atoms with van der Waals surface area (Å²) in [4.78, 5) is 2.51. The normalized spacial score (nSPS) is 15.5. The minimum atomic E-state index is 0.857. The van der Waals surface area contributed by atoms with Crippen molar-refractivity contribution in [2.75, 3.05) is 33.3 Å². The van der Waals surface area contributed by atoms with Crippen molar-refractivity contribution in [3.63, 3.8) is 0 Å². The molecule has 0 saturated carbocycles. The van der Waals surface area contributed by atoms with Gasteiger partial charge in [-0.1, -0.05) is 54.6 Å². The smallest absolute Gasteiger partial charge is 0.127 e. The lowest BCUT2D eigenvalue weighted by Gasteiger charge is -2.33. The van der Waals surface area contributed by atoms with Crippen molar-refractivity contribution in [3.8, 4) is 5.75 Å². The predicted octanol–water partition coefficient (Wildman–Crippen LogP) is 4.00. The van der Waals surface area contributed by atoms with Gasteiger partial charge in [-0.2, -0.15) is 5.10 Å². The van der Waals surface area contributed by atoms with Gasteiger partial charge < -0.3 is 4.74 Å². The van der Waals surface area contributed by atoms with Gasteiger partial charge in [0, 0.05) is 38.3 Å². The van der Waals surface area contributed by atoms with Gasteiger partial charge in [0.1, 0.15) is 5.75 Å². The van der Waals surface area contributed by atoms with E-state index < -0.39 is 0 Å². The number of ether oxygens (including phenoxy) is 1. The molecule has 4 heteroatoms. The highest BCUT2D eigenvalue weighted by atomic mass is 16.5. The average Bonchev–Trinajstić information content (AvgIpc) is 2.74. The summed E-state index contributed by atoms with van der Waals surface area (Å²) >= 11 is 0. The van der Waals surface area contributed by atoms with Gasteiger partial charge in [-0.3, -0.25) is 9.91 Å². The topological polar surface area (TPSA) is 28.1 Å². The fraction of sp³-hybridized carbons (Fsp3) is 0.261. The summed E-state index contributed by atoms with van der Waals surface area (Å²) in [5.74, 6) is 0.857. The average molecular weight is 359 g/mol. The van der Waals surface area contributed by atoms with Crippen molar-refractivity contribution in [2.45, 2.75) is 6.54 Å². The van der Waals surface area contributed by atoms with Crippen LogP contribution in [0.5, 0.6) is 5.75 Å². The molecule has 4 nitrogen and oxygen atoms in total. The summed E-state index contributed by atoms with van der Waals surface area (Å²) in [5.41, 5.74) is 2.41. The molecule has 1 saturated heterocycles. The van der Waals surface area contributed by atoms with E-state index in [4.69, 9.17) is 4.74 Å². The van der Waals surface area contributed by atoms with Crippen molar-refractivity contribution in [1.82, 2.24) is 9.91 Å². The summed E-state index contributed by atoms with van der Waals surface area (Å²) in [6.07, 6.45) is 1.90. The Kier molecular flexibility index (Phi) is 5.35. The van der Waals surface area contributed by atoms with Crippen LogP contribution in [-0.2, 0) is 6.54 Å². The zero-order valence-electron chi connectivity index (χ0n) is 15.7. The third-order valence-corrected chi connectivity index (χ3v) is 5.12. The Labute approximate surface area is 160 Å². The van der Waals surface area contributed by atoms with Crippen LogP contribution >= 0.6 is 0 Å². The number of hydrazone groups is 1. The highest BCUT2D eigenvalue weighted by Gasteiger charge is 2.16. The number of benzene rings is 3. The first-order valence-electron chi connectivity index (χ1n) is 9.44. The zero-order chi connectivity index (χ0) is 18.5. The zero-order valence-corrected chi connectivity index (χ0v) is 15.7. The van der Waals surface area contributed by atoms with Gasteiger partial charge in [-0.25, -0.2) is 0 Å². The Morgan fingerprint density at radius 2 is 1.63 bits per heavy atom. The molecular formula is C23H25N3O. The first-order chi connectivity index (χ1) is 13.3. The van der Waals surface area contributed by atoms with Gasteiger partial charge in [0.25, 0.3) is 0 Å². The van der Waals surface area contributed by atoms with E-state index in [0.717, 1.165) is 44.0 Å². The van der Waals surface area contributed by atoms with Crippen LogP contribution in [0.15, 0.2) is 71.8 Å². The highest BCUT2D eigenvalue weighted by Crippen LogP contribution is 2.21. The van der Waals surface area contributed by atoms with E-state index in [2.05, 4.69) is 57.5 Å². The number of hydrogen-bond donors (Lipinski definition) is 0. The lowest BCUT2D eigenvalue weighted by molar-refractivity contribution is 0.131. The van der Waals surface area contributed by atoms with E-state index in [1.54, 1.807) is 7.11 Å². The van der Waals surface area contributed by atoms with Crippen LogP contribution in [0.4, 0.5) is 0 Å². The second kappa shape index (κ2) is 8.23. The van der Waals surface area contributed by atoms with Crippen LogP contribution in [0.3, 0.4) is 0 Å². The molecule has 1 aliphatic heterocycles. The molecule has 3 aromatic carbocycles. The molecule has 1 aliphatic rings. The molecule has 0 atom stereocenters. The van der Waals surface area contributed by atoms with Crippen molar-refractivity contribution in [3.05, 3.63) is 77.9 Å². The van der Waals surface area contributed by atoms with Crippen molar-refractivity contribution < 1.29 is 4.74 Å². The molecule has 0 amide bonds. The van der Waals surface area contributed by atoms with E-state index in [9.17, 15) is 0 Å². The van der Waals surface area contributed by atoms with Crippen molar-refractivity contribution in [2.24, 2.45) is 5.10 Å². The standard InChI is InChI=1S/C23H25N3O/c1-27-23-12-5-3-8-20(23)17-24-26-15-13-25(14-16-26)18-21-10-6-9-19-7-2-4-11-22(19)21/h2-12,17H,13-16,18H2,1H3/b24-17+. The molecule has 0 bridgehead atoms. The summed E-state index contributed by atoms with van der Waals surface area (Å²) in [5, 5.41) is 9.47. The van der Waals surface area contributed by atoms with Gasteiger partial charge >= 0.3 is 0 Å². The van der Waals surface area contributed by atoms with E-state index in [1.165, 1.54) is 16.3 Å². The fourth-order valence-electron chi connectivity index (χ4n) is 3.60. The van der Waals surface area contributed by atoms with Crippen LogP contribution < -0.4 is 4.74 Å². The molecule has 1 fully saturated rings. The van der Waals surface area contributed by atoms with Gasteiger partial charge in [-0.05, 0) is 28.5 Å². The number of para-hydroxylation sites is 1. The largest absolute Gasteiger partial charge is 0.496 e. The molecular weight excluding hydrogens is 334 g/mol. The number of methoxy groups -OCH3 is 1. The second-order valence-corrected chi connectivity index (χ2v) is 6.85. The highest BCUT2D eigenvalue weighted by molar-refractivity contribution is 5.85. The van der Waals surface area contributed by atoms with E-state index in [0.29, 0.717) is 0 Å². The number of piperazine rings is 1. The molecule has 0 radical (unpaired) electrons. The van der Waals surface area contributed by atoms with Crippen LogP contribution in [0, 0.1) is 0 Å². The van der Waals surface area contributed by atoms with Crippen LogP contribution in [-0.4, -0.2) is 49.4 Å². The van der Waals surface area contributed by atoms with Gasteiger partial charge in [0.15, 0.2) is 0 Å². The molecule has 4 rings (SSSR count). The number of hydrogen-bond acceptors (Lipinski definition) is 4. The molecule has 0 spiro atoms. The Hall–Kier alpha value is -2.85. The first-order valence-corrected chi connectivity index (χ1v) is 9.44. The van der Waals surface area contributed by atoms with E-state index in [1.807, 2.05) is 30.5 Å². The summed E-state index contributed by atoms with van der Waals surface area (Å²) < 4.78 is 5.39. The Balaban J connectivity index is 1.37. The van der Waals surface area contributed by atoms with Crippen LogP contribution in [0.2, 0.25) is 0 Å². The molecule has 0 N–H and O–H groups in total. The molecule has 138 valence electrons. The summed E-state index contributed by atoms with van der Waals surface area (Å²) in [6.45, 7) is 4.91.